The fourth-order valence-corrected chi connectivity index (χ4v) is 2.71. The minimum atomic E-state index is -0.762. The van der Waals surface area contributed by atoms with Crippen molar-refractivity contribution < 1.29 is 4.55 Å². The molecule has 0 saturated heterocycles. The first-order chi connectivity index (χ1) is 9.27. The molecule has 1 nitrogen and oxygen atoms in total. The Hall–Kier alpha value is 0.0500. The van der Waals surface area contributed by atoms with Crippen LogP contribution in [0.4, 0.5) is 0 Å². The highest BCUT2D eigenvalue weighted by Crippen LogP contribution is 2.12. The molecule has 1 atom stereocenters. The summed E-state index contributed by atoms with van der Waals surface area (Å²) in [6, 6.07) is 0. The maximum Gasteiger partial charge on any atom is 0.112 e. The predicted octanol–water partition coefficient (Wildman–Crippen LogP) is 5.97. The van der Waals surface area contributed by atoms with Crippen molar-refractivity contribution in [3.63, 3.8) is 0 Å². The average Bonchev–Trinajstić information content (AvgIpc) is 2.39. The van der Waals surface area contributed by atoms with Crippen molar-refractivity contribution >= 4 is 11.2 Å². The zero-order valence-electron chi connectivity index (χ0n) is 13.2. The van der Waals surface area contributed by atoms with Gasteiger partial charge in [-0.05, 0) is 30.1 Å². The van der Waals surface area contributed by atoms with Gasteiger partial charge in [0.05, 0.1) is 6.26 Å². The molecule has 0 radical (unpaired) electrons. The SMILES string of the molecule is CCCCCCCCCCCCCCC=C[S+](C)[O-]. The van der Waals surface area contributed by atoms with Crippen LogP contribution in [0.25, 0.3) is 0 Å². The Balaban J connectivity index is 2.99. The summed E-state index contributed by atoms with van der Waals surface area (Å²) in [6.45, 7) is 2.28. The van der Waals surface area contributed by atoms with Crippen molar-refractivity contribution in [2.45, 2.75) is 90.4 Å². The fraction of sp³-hybridized carbons (Fsp3) is 0.882. The van der Waals surface area contributed by atoms with Gasteiger partial charge >= 0.3 is 0 Å². The van der Waals surface area contributed by atoms with Crippen molar-refractivity contribution in [1.29, 1.82) is 0 Å². The number of allylic oxidation sites excluding steroid dienone is 1. The molecule has 0 aromatic carbocycles. The molecule has 0 amide bonds. The van der Waals surface area contributed by atoms with Gasteiger partial charge in [-0.3, -0.25) is 0 Å². The lowest BCUT2D eigenvalue weighted by molar-refractivity contribution is 0.545. The first-order valence-electron chi connectivity index (χ1n) is 8.26. The highest BCUT2D eigenvalue weighted by atomic mass is 32.2. The Morgan fingerprint density at radius 3 is 1.58 bits per heavy atom. The first kappa shape index (κ1) is 19.1. The minimum absolute atomic E-state index is 0.762. The Labute approximate surface area is 124 Å². The van der Waals surface area contributed by atoms with E-state index in [2.05, 4.69) is 13.0 Å². The summed E-state index contributed by atoms with van der Waals surface area (Å²) in [4.78, 5) is 0. The molecule has 19 heavy (non-hydrogen) atoms. The molecule has 0 bridgehead atoms. The lowest BCUT2D eigenvalue weighted by Crippen LogP contribution is -1.87. The van der Waals surface area contributed by atoms with E-state index in [9.17, 15) is 4.55 Å². The zero-order valence-corrected chi connectivity index (χ0v) is 14.0. The zero-order chi connectivity index (χ0) is 14.2. The van der Waals surface area contributed by atoms with Crippen molar-refractivity contribution in [2.75, 3.05) is 6.26 Å². The lowest BCUT2D eigenvalue weighted by atomic mass is 10.0. The van der Waals surface area contributed by atoms with Crippen molar-refractivity contribution in [2.24, 2.45) is 0 Å². The van der Waals surface area contributed by atoms with Gasteiger partial charge in [-0.15, -0.1) is 0 Å². The van der Waals surface area contributed by atoms with E-state index in [4.69, 9.17) is 0 Å². The molecular formula is C17H34OS. The van der Waals surface area contributed by atoms with Crippen LogP contribution in [-0.2, 0) is 11.2 Å². The number of hydrogen-bond donors (Lipinski definition) is 0. The molecule has 0 aliphatic carbocycles. The van der Waals surface area contributed by atoms with Crippen LogP contribution in [0.1, 0.15) is 90.4 Å². The van der Waals surface area contributed by atoms with E-state index < -0.39 is 11.2 Å². The Kier molecular flexibility index (Phi) is 16.1. The second-order valence-corrected chi connectivity index (χ2v) is 6.82. The molecule has 0 fully saturated rings. The fourth-order valence-electron chi connectivity index (χ4n) is 2.31. The largest absolute Gasteiger partial charge is 0.612 e. The molecule has 0 aliphatic rings. The second-order valence-electron chi connectivity index (χ2n) is 5.55. The van der Waals surface area contributed by atoms with Crippen molar-refractivity contribution in [1.82, 2.24) is 0 Å². The third-order valence-corrected chi connectivity index (χ3v) is 4.09. The molecular weight excluding hydrogens is 252 g/mol. The molecule has 1 unspecified atom stereocenters. The van der Waals surface area contributed by atoms with Gasteiger partial charge < -0.3 is 4.55 Å². The highest BCUT2D eigenvalue weighted by molar-refractivity contribution is 7.93. The maximum atomic E-state index is 10.8. The Morgan fingerprint density at radius 1 is 0.737 bits per heavy atom. The molecule has 2 heteroatoms. The molecule has 0 rings (SSSR count). The molecule has 0 aromatic heterocycles. The molecule has 0 aliphatic heterocycles. The molecule has 0 aromatic rings. The average molecular weight is 287 g/mol. The van der Waals surface area contributed by atoms with Crippen LogP contribution in [0.3, 0.4) is 0 Å². The summed E-state index contributed by atoms with van der Waals surface area (Å²) >= 11 is -0.762. The Bertz CT molecular complexity index is 190. The van der Waals surface area contributed by atoms with Crippen LogP contribution in [-0.4, -0.2) is 10.8 Å². The molecule has 0 saturated carbocycles. The summed E-state index contributed by atoms with van der Waals surface area (Å²) in [7, 11) is 0. The molecule has 114 valence electrons. The molecule has 0 spiro atoms. The summed E-state index contributed by atoms with van der Waals surface area (Å²) in [5.41, 5.74) is 0. The maximum absolute atomic E-state index is 10.8. The highest BCUT2D eigenvalue weighted by Gasteiger charge is 1.93. The lowest BCUT2D eigenvalue weighted by Gasteiger charge is -2.02. The van der Waals surface area contributed by atoms with Gasteiger partial charge in [-0.25, -0.2) is 0 Å². The second kappa shape index (κ2) is 16.1. The summed E-state index contributed by atoms with van der Waals surface area (Å²) in [6.07, 6.45) is 21.6. The third-order valence-electron chi connectivity index (χ3n) is 3.51. The Morgan fingerprint density at radius 2 is 1.16 bits per heavy atom. The van der Waals surface area contributed by atoms with Crippen LogP contribution in [0.2, 0.25) is 0 Å². The van der Waals surface area contributed by atoms with E-state index >= 15 is 0 Å². The van der Waals surface area contributed by atoms with Gasteiger partial charge in [0.25, 0.3) is 0 Å². The normalized spacial score (nSPS) is 13.2. The topological polar surface area (TPSA) is 23.1 Å². The van der Waals surface area contributed by atoms with Gasteiger partial charge in [0, 0.05) is 0 Å². The van der Waals surface area contributed by atoms with E-state index in [0.29, 0.717) is 0 Å². The van der Waals surface area contributed by atoms with Crippen LogP contribution in [0.5, 0.6) is 0 Å². The van der Waals surface area contributed by atoms with E-state index in [1.807, 2.05) is 0 Å². The van der Waals surface area contributed by atoms with Crippen molar-refractivity contribution in [3.05, 3.63) is 11.5 Å². The van der Waals surface area contributed by atoms with Crippen LogP contribution >= 0.6 is 0 Å². The molecule has 0 N–H and O–H groups in total. The van der Waals surface area contributed by atoms with Crippen molar-refractivity contribution in [3.8, 4) is 0 Å². The number of rotatable bonds is 14. The van der Waals surface area contributed by atoms with Crippen LogP contribution in [0, 0.1) is 0 Å². The summed E-state index contributed by atoms with van der Waals surface area (Å²) in [5, 5.41) is 1.80. The van der Waals surface area contributed by atoms with E-state index in [1.54, 1.807) is 11.7 Å². The summed E-state index contributed by atoms with van der Waals surface area (Å²) < 4.78 is 10.8. The predicted molar refractivity (Wildman–Crippen MR) is 88.9 cm³/mol. The standard InChI is InChI=1S/C17H34OS/c1-3-4-5-6-7-8-9-10-11-12-13-14-15-16-17-19(2)18/h16-17H,3-15H2,1-2H3. The number of unbranched alkanes of at least 4 members (excludes halogenated alkanes) is 12. The van der Waals surface area contributed by atoms with Gasteiger partial charge in [-0.2, -0.15) is 0 Å². The van der Waals surface area contributed by atoms with Gasteiger partial charge in [0.2, 0.25) is 0 Å². The quantitative estimate of drug-likeness (QED) is 0.285. The monoisotopic (exact) mass is 286 g/mol. The van der Waals surface area contributed by atoms with E-state index in [0.717, 1.165) is 6.42 Å². The van der Waals surface area contributed by atoms with Gasteiger partial charge in [-0.1, -0.05) is 77.6 Å². The number of hydrogen-bond acceptors (Lipinski definition) is 1. The van der Waals surface area contributed by atoms with Crippen LogP contribution in [0.15, 0.2) is 11.5 Å². The third kappa shape index (κ3) is 18.1. The van der Waals surface area contributed by atoms with Crippen LogP contribution < -0.4 is 0 Å². The van der Waals surface area contributed by atoms with E-state index in [1.165, 1.54) is 77.0 Å². The van der Waals surface area contributed by atoms with E-state index in [-0.39, 0.29) is 0 Å². The molecule has 0 heterocycles. The van der Waals surface area contributed by atoms with Gasteiger partial charge in [0.15, 0.2) is 0 Å². The summed E-state index contributed by atoms with van der Waals surface area (Å²) in [5.74, 6) is 0. The van der Waals surface area contributed by atoms with Gasteiger partial charge in [0.1, 0.15) is 5.41 Å². The smallest absolute Gasteiger partial charge is 0.112 e. The minimum Gasteiger partial charge on any atom is -0.612 e. The first-order valence-corrected chi connectivity index (χ1v) is 9.88.